The first-order valence-corrected chi connectivity index (χ1v) is 8.82. The Morgan fingerprint density at radius 3 is 2.64 bits per heavy atom. The molecule has 1 aromatic carbocycles. The van der Waals surface area contributed by atoms with Crippen LogP contribution in [0.1, 0.15) is 50.7 Å². The summed E-state index contributed by atoms with van der Waals surface area (Å²) in [6, 6.07) is 7.51. The van der Waals surface area contributed by atoms with Gasteiger partial charge in [-0.1, -0.05) is 12.5 Å². The molecule has 0 bridgehead atoms. The van der Waals surface area contributed by atoms with Gasteiger partial charge in [-0.05, 0) is 69.2 Å². The summed E-state index contributed by atoms with van der Waals surface area (Å²) >= 11 is 0. The number of aliphatic hydroxyl groups is 1. The maximum absolute atomic E-state index is 10.3. The molecule has 0 unspecified atom stereocenters. The Balaban J connectivity index is 1.50. The topological polar surface area (TPSA) is 32.7 Å². The van der Waals surface area contributed by atoms with Crippen LogP contribution >= 0.6 is 0 Å². The Labute approximate surface area is 134 Å². The second kappa shape index (κ2) is 7.01. The molecule has 1 heterocycles. The van der Waals surface area contributed by atoms with E-state index in [-0.39, 0.29) is 0 Å². The van der Waals surface area contributed by atoms with E-state index in [0.29, 0.717) is 25.2 Å². The molecule has 122 valence electrons. The van der Waals surface area contributed by atoms with Gasteiger partial charge in [-0.15, -0.1) is 0 Å². The lowest BCUT2D eigenvalue weighted by molar-refractivity contribution is 0.0209. The molecule has 1 aliphatic carbocycles. The molecule has 0 amide bonds. The highest BCUT2D eigenvalue weighted by molar-refractivity contribution is 5.38. The van der Waals surface area contributed by atoms with Gasteiger partial charge in [0.1, 0.15) is 18.5 Å². The quantitative estimate of drug-likeness (QED) is 0.907. The summed E-state index contributed by atoms with van der Waals surface area (Å²) in [6.07, 6.45) is 6.98. The number of likely N-dealkylation sites (tertiary alicyclic amines) is 1. The largest absolute Gasteiger partial charge is 0.491 e. The van der Waals surface area contributed by atoms with Crippen molar-refractivity contribution in [3.05, 3.63) is 29.3 Å². The van der Waals surface area contributed by atoms with Crippen LogP contribution in [-0.2, 0) is 12.8 Å². The van der Waals surface area contributed by atoms with Crippen molar-refractivity contribution in [1.29, 1.82) is 0 Å². The van der Waals surface area contributed by atoms with E-state index in [0.717, 1.165) is 12.2 Å². The minimum atomic E-state index is -0.420. The SMILES string of the molecule is C[C@@H]1CCC[C@@H](C)N1C[C@@H](O)COc1ccc2c(c1)CCC2. The monoisotopic (exact) mass is 303 g/mol. The van der Waals surface area contributed by atoms with Crippen LogP contribution < -0.4 is 4.74 Å². The van der Waals surface area contributed by atoms with Crippen molar-refractivity contribution < 1.29 is 9.84 Å². The zero-order valence-corrected chi connectivity index (χ0v) is 13.9. The predicted octanol–water partition coefficient (Wildman–Crippen LogP) is 3.18. The van der Waals surface area contributed by atoms with E-state index in [9.17, 15) is 5.11 Å². The minimum Gasteiger partial charge on any atom is -0.491 e. The highest BCUT2D eigenvalue weighted by Gasteiger charge is 2.26. The summed E-state index contributed by atoms with van der Waals surface area (Å²) in [6.45, 7) is 5.63. The second-order valence-electron chi connectivity index (χ2n) is 7.07. The fourth-order valence-corrected chi connectivity index (χ4v) is 3.96. The fourth-order valence-electron chi connectivity index (χ4n) is 3.96. The molecule has 3 rings (SSSR count). The van der Waals surface area contributed by atoms with Gasteiger partial charge in [0, 0.05) is 18.6 Å². The van der Waals surface area contributed by atoms with Crippen molar-refractivity contribution in [3.63, 3.8) is 0 Å². The molecule has 1 aliphatic heterocycles. The summed E-state index contributed by atoms with van der Waals surface area (Å²) in [5.74, 6) is 0.902. The van der Waals surface area contributed by atoms with Gasteiger partial charge in [0.15, 0.2) is 0 Å². The van der Waals surface area contributed by atoms with E-state index in [1.54, 1.807) is 0 Å². The van der Waals surface area contributed by atoms with Crippen LogP contribution in [0.25, 0.3) is 0 Å². The number of hydrogen-bond acceptors (Lipinski definition) is 3. The van der Waals surface area contributed by atoms with Crippen molar-refractivity contribution >= 4 is 0 Å². The lowest BCUT2D eigenvalue weighted by Gasteiger charge is -2.40. The molecule has 2 aliphatic rings. The Kier molecular flexibility index (Phi) is 5.04. The van der Waals surface area contributed by atoms with Gasteiger partial charge in [-0.25, -0.2) is 0 Å². The van der Waals surface area contributed by atoms with Crippen LogP contribution in [0.4, 0.5) is 0 Å². The maximum atomic E-state index is 10.3. The third kappa shape index (κ3) is 3.64. The smallest absolute Gasteiger partial charge is 0.119 e. The average Bonchev–Trinajstić information content (AvgIpc) is 2.96. The zero-order chi connectivity index (χ0) is 15.5. The van der Waals surface area contributed by atoms with Crippen LogP contribution in [-0.4, -0.2) is 41.3 Å². The first-order valence-electron chi connectivity index (χ1n) is 8.82. The Bertz CT molecular complexity index is 492. The van der Waals surface area contributed by atoms with Crippen LogP contribution in [0, 0.1) is 0 Å². The van der Waals surface area contributed by atoms with Gasteiger partial charge < -0.3 is 9.84 Å². The van der Waals surface area contributed by atoms with Crippen LogP contribution in [0.3, 0.4) is 0 Å². The molecular weight excluding hydrogens is 274 g/mol. The van der Waals surface area contributed by atoms with E-state index in [1.807, 2.05) is 6.07 Å². The summed E-state index contributed by atoms with van der Waals surface area (Å²) < 4.78 is 5.83. The summed E-state index contributed by atoms with van der Waals surface area (Å²) in [5, 5.41) is 10.3. The zero-order valence-electron chi connectivity index (χ0n) is 13.9. The molecule has 1 saturated heterocycles. The molecule has 0 spiro atoms. The molecule has 1 fully saturated rings. The van der Waals surface area contributed by atoms with Crippen molar-refractivity contribution in [2.24, 2.45) is 0 Å². The number of aryl methyl sites for hydroxylation is 2. The third-order valence-electron chi connectivity index (χ3n) is 5.31. The number of fused-ring (bicyclic) bond motifs is 1. The molecule has 3 nitrogen and oxygen atoms in total. The number of hydrogen-bond donors (Lipinski definition) is 1. The predicted molar refractivity (Wildman–Crippen MR) is 89.4 cm³/mol. The van der Waals surface area contributed by atoms with Gasteiger partial charge in [-0.3, -0.25) is 4.90 Å². The molecule has 0 saturated carbocycles. The number of benzene rings is 1. The number of ether oxygens (including phenoxy) is 1. The summed E-state index contributed by atoms with van der Waals surface area (Å²) in [5.41, 5.74) is 2.88. The highest BCUT2D eigenvalue weighted by atomic mass is 16.5. The second-order valence-corrected chi connectivity index (χ2v) is 7.07. The van der Waals surface area contributed by atoms with Crippen LogP contribution in [0.5, 0.6) is 5.75 Å². The number of rotatable bonds is 5. The first-order chi connectivity index (χ1) is 10.6. The molecule has 0 radical (unpaired) electrons. The fraction of sp³-hybridized carbons (Fsp3) is 0.684. The normalized spacial score (nSPS) is 26.7. The molecule has 1 aromatic rings. The maximum Gasteiger partial charge on any atom is 0.119 e. The summed E-state index contributed by atoms with van der Waals surface area (Å²) in [4.78, 5) is 2.43. The Hall–Kier alpha value is -1.06. The molecule has 22 heavy (non-hydrogen) atoms. The van der Waals surface area contributed by atoms with Crippen molar-refractivity contribution in [2.75, 3.05) is 13.2 Å². The Morgan fingerprint density at radius 2 is 1.86 bits per heavy atom. The van der Waals surface area contributed by atoms with Crippen molar-refractivity contribution in [3.8, 4) is 5.75 Å². The highest BCUT2D eigenvalue weighted by Crippen LogP contribution is 2.26. The average molecular weight is 303 g/mol. The molecule has 0 aromatic heterocycles. The standard InChI is InChI=1S/C19H29NO2/c1-14-5-3-6-15(2)20(14)12-18(21)13-22-19-10-9-16-7-4-8-17(16)11-19/h9-11,14-15,18,21H,3-8,12-13H2,1-2H3/t14-,15-,18-/m1/s1. The van der Waals surface area contributed by atoms with Crippen LogP contribution in [0.2, 0.25) is 0 Å². The minimum absolute atomic E-state index is 0.384. The van der Waals surface area contributed by atoms with E-state index in [2.05, 4.69) is 30.9 Å². The van der Waals surface area contributed by atoms with E-state index < -0.39 is 6.10 Å². The van der Waals surface area contributed by atoms with Gasteiger partial charge in [0.05, 0.1) is 0 Å². The van der Waals surface area contributed by atoms with E-state index in [4.69, 9.17) is 4.74 Å². The lowest BCUT2D eigenvalue weighted by Crippen LogP contribution is -2.48. The van der Waals surface area contributed by atoms with E-state index >= 15 is 0 Å². The third-order valence-corrected chi connectivity index (χ3v) is 5.31. The van der Waals surface area contributed by atoms with E-state index in [1.165, 1.54) is 43.2 Å². The molecule has 3 atom stereocenters. The number of piperidine rings is 1. The summed E-state index contributed by atoms with van der Waals surface area (Å²) in [7, 11) is 0. The molecule has 3 heteroatoms. The molecule has 1 N–H and O–H groups in total. The van der Waals surface area contributed by atoms with Gasteiger partial charge in [-0.2, -0.15) is 0 Å². The lowest BCUT2D eigenvalue weighted by atomic mass is 9.97. The van der Waals surface area contributed by atoms with Gasteiger partial charge in [0.2, 0.25) is 0 Å². The van der Waals surface area contributed by atoms with Crippen LogP contribution in [0.15, 0.2) is 18.2 Å². The van der Waals surface area contributed by atoms with Crippen molar-refractivity contribution in [1.82, 2.24) is 4.90 Å². The number of β-amino-alcohol motifs (C(OH)–C–C–N with tert-alkyl or cyclic N) is 1. The number of aliphatic hydroxyl groups excluding tert-OH is 1. The molecular formula is C19H29NO2. The Morgan fingerprint density at radius 1 is 1.14 bits per heavy atom. The van der Waals surface area contributed by atoms with Gasteiger partial charge in [0.25, 0.3) is 0 Å². The van der Waals surface area contributed by atoms with Crippen molar-refractivity contribution in [2.45, 2.75) is 70.6 Å². The first kappa shape index (κ1) is 15.8. The van der Waals surface area contributed by atoms with Gasteiger partial charge >= 0.3 is 0 Å². The number of nitrogens with zero attached hydrogens (tertiary/aromatic N) is 1.